The Hall–Kier alpha value is -1.11. The molecule has 0 unspecified atom stereocenters. The molecule has 0 radical (unpaired) electrons. The lowest BCUT2D eigenvalue weighted by atomic mass is 10.2. The van der Waals surface area contributed by atoms with Gasteiger partial charge in [-0.25, -0.2) is 10.2 Å². The quantitative estimate of drug-likeness (QED) is 0.662. The second kappa shape index (κ2) is 8.94. The van der Waals surface area contributed by atoms with Gasteiger partial charge in [-0.2, -0.15) is 5.10 Å². The number of hydrogen-bond donors (Lipinski definition) is 2. The molecular weight excluding hydrogens is 296 g/mol. The Kier molecular flexibility index (Phi) is 7.58. The Morgan fingerprint density at radius 1 is 1.40 bits per heavy atom. The zero-order valence-electron chi connectivity index (χ0n) is 11.4. The molecule has 1 aliphatic rings. The van der Waals surface area contributed by atoms with Crippen LogP contribution in [-0.4, -0.2) is 30.2 Å². The van der Waals surface area contributed by atoms with Crippen LogP contribution in [0, 0.1) is 0 Å². The molecule has 0 aromatic carbocycles. The van der Waals surface area contributed by atoms with Crippen LogP contribution in [0.5, 0.6) is 0 Å². The first-order valence-corrected chi connectivity index (χ1v) is 7.50. The van der Waals surface area contributed by atoms with Crippen LogP contribution in [0.2, 0.25) is 0 Å². The minimum Gasteiger partial charge on any atom is -0.350 e. The minimum atomic E-state index is -0.641. The maximum absolute atomic E-state index is 10.5. The van der Waals surface area contributed by atoms with E-state index in [1.54, 1.807) is 17.6 Å². The van der Waals surface area contributed by atoms with Gasteiger partial charge in [-0.05, 0) is 42.9 Å². The van der Waals surface area contributed by atoms with E-state index in [4.69, 9.17) is 5.73 Å². The number of hydrogen-bond acceptors (Lipinski definition) is 4. The van der Waals surface area contributed by atoms with Gasteiger partial charge in [-0.3, -0.25) is 4.90 Å². The Bertz CT molecular complexity index is 441. The van der Waals surface area contributed by atoms with E-state index in [-0.39, 0.29) is 12.4 Å². The number of carbonyl (C=O) groups excluding carboxylic acids is 1. The Labute approximate surface area is 129 Å². The Morgan fingerprint density at radius 3 is 2.75 bits per heavy atom. The molecule has 1 aromatic heterocycles. The molecule has 2 rings (SSSR count). The van der Waals surface area contributed by atoms with E-state index < -0.39 is 6.03 Å². The lowest BCUT2D eigenvalue weighted by molar-refractivity contribution is 0.249. The number of primary amides is 1. The zero-order valence-corrected chi connectivity index (χ0v) is 13.0. The summed E-state index contributed by atoms with van der Waals surface area (Å²) in [6.45, 7) is 3.40. The summed E-state index contributed by atoms with van der Waals surface area (Å²) in [6, 6.07) is 1.47. The zero-order chi connectivity index (χ0) is 13.5. The van der Waals surface area contributed by atoms with E-state index in [0.717, 1.165) is 11.4 Å². The summed E-state index contributed by atoms with van der Waals surface area (Å²) >= 11 is 1.63. The first-order chi connectivity index (χ1) is 9.24. The SMILES string of the molecule is Cl.NC(=O)NN=Cc1cc(CN2CCCCCC2)cs1. The average Bonchev–Trinajstić information content (AvgIpc) is 2.65. The van der Waals surface area contributed by atoms with Crippen LogP contribution in [0.25, 0.3) is 0 Å². The van der Waals surface area contributed by atoms with Crippen molar-refractivity contribution in [3.05, 3.63) is 21.9 Å². The fraction of sp³-hybridized carbons (Fsp3) is 0.538. The highest BCUT2D eigenvalue weighted by molar-refractivity contribution is 7.11. The van der Waals surface area contributed by atoms with Crippen molar-refractivity contribution in [1.29, 1.82) is 0 Å². The van der Waals surface area contributed by atoms with E-state index in [9.17, 15) is 4.79 Å². The maximum atomic E-state index is 10.5. The number of nitrogens with two attached hydrogens (primary N) is 1. The second-order valence-electron chi connectivity index (χ2n) is 4.78. The number of nitrogens with zero attached hydrogens (tertiary/aromatic N) is 2. The molecule has 0 saturated carbocycles. The summed E-state index contributed by atoms with van der Waals surface area (Å²) in [7, 11) is 0. The summed E-state index contributed by atoms with van der Waals surface area (Å²) < 4.78 is 0. The minimum absolute atomic E-state index is 0. The molecule has 1 aromatic rings. The molecule has 7 heteroatoms. The summed E-state index contributed by atoms with van der Waals surface area (Å²) in [4.78, 5) is 14.0. The van der Waals surface area contributed by atoms with Crippen molar-refractivity contribution in [2.45, 2.75) is 32.2 Å². The normalized spacial score (nSPS) is 16.6. The highest BCUT2D eigenvalue weighted by Gasteiger charge is 2.10. The van der Waals surface area contributed by atoms with Crippen molar-refractivity contribution in [3.8, 4) is 0 Å². The number of nitrogens with one attached hydrogen (secondary N) is 1. The molecule has 1 fully saturated rings. The largest absolute Gasteiger partial charge is 0.350 e. The second-order valence-corrected chi connectivity index (χ2v) is 5.72. The van der Waals surface area contributed by atoms with Crippen LogP contribution in [-0.2, 0) is 6.54 Å². The molecule has 0 spiro atoms. The number of thiophene rings is 1. The van der Waals surface area contributed by atoms with Gasteiger partial charge in [0.05, 0.1) is 6.21 Å². The number of hydrazone groups is 1. The van der Waals surface area contributed by atoms with Gasteiger partial charge in [0.25, 0.3) is 0 Å². The summed E-state index contributed by atoms with van der Waals surface area (Å²) in [6.07, 6.45) is 6.96. The molecule has 1 saturated heterocycles. The van der Waals surface area contributed by atoms with Crippen molar-refractivity contribution in [2.75, 3.05) is 13.1 Å². The predicted octanol–water partition coefficient (Wildman–Crippen LogP) is 2.55. The number of rotatable bonds is 4. The van der Waals surface area contributed by atoms with E-state index >= 15 is 0 Å². The van der Waals surface area contributed by atoms with Crippen molar-refractivity contribution in [1.82, 2.24) is 10.3 Å². The summed E-state index contributed by atoms with van der Waals surface area (Å²) in [5.74, 6) is 0. The highest BCUT2D eigenvalue weighted by atomic mass is 35.5. The molecule has 3 N–H and O–H groups in total. The molecule has 0 bridgehead atoms. The lowest BCUT2D eigenvalue weighted by Gasteiger charge is -2.18. The van der Waals surface area contributed by atoms with Crippen LogP contribution >= 0.6 is 23.7 Å². The van der Waals surface area contributed by atoms with Crippen LogP contribution in [0.15, 0.2) is 16.5 Å². The van der Waals surface area contributed by atoms with Gasteiger partial charge in [0.2, 0.25) is 0 Å². The van der Waals surface area contributed by atoms with Crippen LogP contribution < -0.4 is 11.2 Å². The van der Waals surface area contributed by atoms with Gasteiger partial charge < -0.3 is 5.73 Å². The number of likely N-dealkylation sites (tertiary alicyclic amines) is 1. The van der Waals surface area contributed by atoms with E-state index in [0.29, 0.717) is 0 Å². The van der Waals surface area contributed by atoms with Gasteiger partial charge in [0, 0.05) is 11.4 Å². The van der Waals surface area contributed by atoms with Gasteiger partial charge >= 0.3 is 6.03 Å². The fourth-order valence-electron chi connectivity index (χ4n) is 2.26. The standard InChI is InChI=1S/C13H20N4OS.ClH/c14-13(18)16-15-8-12-7-11(10-19-12)9-17-5-3-1-2-4-6-17;/h7-8,10H,1-6,9H2,(H3,14,16,18);1H. The number of halogens is 1. The topological polar surface area (TPSA) is 70.7 Å². The van der Waals surface area contributed by atoms with Crippen LogP contribution in [0.3, 0.4) is 0 Å². The third kappa shape index (κ3) is 5.90. The van der Waals surface area contributed by atoms with Gasteiger partial charge in [-0.1, -0.05) is 12.8 Å². The third-order valence-corrected chi connectivity index (χ3v) is 4.06. The summed E-state index contributed by atoms with van der Waals surface area (Å²) in [5.41, 5.74) is 8.44. The first kappa shape index (κ1) is 16.9. The fourth-order valence-corrected chi connectivity index (χ4v) is 3.02. The van der Waals surface area contributed by atoms with Crippen molar-refractivity contribution in [2.24, 2.45) is 10.8 Å². The third-order valence-electron chi connectivity index (χ3n) is 3.15. The molecule has 2 amide bonds. The van der Waals surface area contributed by atoms with Crippen LogP contribution in [0.1, 0.15) is 36.1 Å². The molecule has 1 aliphatic heterocycles. The maximum Gasteiger partial charge on any atom is 0.332 e. The smallest absolute Gasteiger partial charge is 0.332 e. The van der Waals surface area contributed by atoms with Gasteiger partial charge in [0.15, 0.2) is 0 Å². The monoisotopic (exact) mass is 316 g/mol. The van der Waals surface area contributed by atoms with E-state index in [1.807, 2.05) is 0 Å². The van der Waals surface area contributed by atoms with Crippen molar-refractivity contribution >= 4 is 36.0 Å². The van der Waals surface area contributed by atoms with E-state index in [2.05, 4.69) is 26.9 Å². The van der Waals surface area contributed by atoms with Crippen LogP contribution in [0.4, 0.5) is 4.79 Å². The van der Waals surface area contributed by atoms with E-state index in [1.165, 1.54) is 44.3 Å². The van der Waals surface area contributed by atoms with Gasteiger partial charge in [-0.15, -0.1) is 23.7 Å². The predicted molar refractivity (Wildman–Crippen MR) is 85.6 cm³/mol. The number of urea groups is 1. The molecule has 0 aliphatic carbocycles. The first-order valence-electron chi connectivity index (χ1n) is 6.62. The molecule has 2 heterocycles. The Morgan fingerprint density at radius 2 is 2.10 bits per heavy atom. The lowest BCUT2D eigenvalue weighted by Crippen LogP contribution is -2.24. The van der Waals surface area contributed by atoms with Gasteiger partial charge in [0.1, 0.15) is 0 Å². The van der Waals surface area contributed by atoms with Crippen molar-refractivity contribution in [3.63, 3.8) is 0 Å². The molecule has 112 valence electrons. The average molecular weight is 317 g/mol. The molecule has 5 nitrogen and oxygen atoms in total. The summed E-state index contributed by atoms with van der Waals surface area (Å²) in [5, 5.41) is 5.91. The van der Waals surface area contributed by atoms with Crippen molar-refractivity contribution < 1.29 is 4.79 Å². The number of amides is 2. The Balaban J connectivity index is 0.00000200. The molecule has 0 atom stereocenters. The highest BCUT2D eigenvalue weighted by Crippen LogP contribution is 2.17. The molecular formula is C13H21ClN4OS. The number of carbonyl (C=O) groups is 1. The molecule has 20 heavy (non-hydrogen) atoms.